The molecule has 0 fully saturated rings. The minimum atomic E-state index is -1.83. The van der Waals surface area contributed by atoms with Crippen LogP contribution < -0.4 is 22.5 Å². The van der Waals surface area contributed by atoms with Gasteiger partial charge in [-0.3, -0.25) is 0 Å². The van der Waals surface area contributed by atoms with Gasteiger partial charge < -0.3 is 29.3 Å². The Bertz CT molecular complexity index is 2340. The maximum absolute atomic E-state index is 12.0. The summed E-state index contributed by atoms with van der Waals surface area (Å²) in [6, 6.07) is 7.66. The van der Waals surface area contributed by atoms with Gasteiger partial charge in [-0.05, 0) is 22.9 Å². The number of benzene rings is 4. The van der Waals surface area contributed by atoms with E-state index in [4.69, 9.17) is 23.2 Å². The zero-order valence-electron chi connectivity index (χ0n) is 21.1. The maximum Gasteiger partial charge on any atom is 0.348 e. The van der Waals surface area contributed by atoms with Crippen LogP contribution in [0.2, 0.25) is 10.0 Å². The molecule has 0 aliphatic rings. The van der Waals surface area contributed by atoms with E-state index in [0.717, 1.165) is 0 Å². The monoisotopic (exact) mass is 640 g/mol. The highest BCUT2D eigenvalue weighted by Crippen LogP contribution is 2.36. The average molecular weight is 641 g/mol. The van der Waals surface area contributed by atoms with Crippen LogP contribution in [0, 0.1) is 0 Å². The van der Waals surface area contributed by atoms with Crippen molar-refractivity contribution >= 4 is 90.2 Å². The molecule has 0 amide bonds. The summed E-state index contributed by atoms with van der Waals surface area (Å²) >= 11 is 12.0. The normalized spacial score (nSPS) is 11.1. The van der Waals surface area contributed by atoms with E-state index in [9.17, 15) is 58.8 Å². The molecule has 0 aliphatic carbocycles. The molecule has 0 unspecified atom stereocenters. The van der Waals surface area contributed by atoms with Crippen molar-refractivity contribution in [3.8, 4) is 0 Å². The molecule has 0 radical (unpaired) electrons. The summed E-state index contributed by atoms with van der Waals surface area (Å²) in [7, 11) is 0. The molecular weight excluding hydrogens is 631 g/mol. The van der Waals surface area contributed by atoms with Crippen LogP contribution in [0.25, 0.3) is 43.1 Å². The SMILES string of the molecule is O=C(O)c1c(C(=O)O)c(C(=O)O)c2ccccc2c1C(=O)O.O=c1oc(=O)c2c(Cl)cc1c1c3c(Cl)cc(c(=O)oc3=O)c21. The molecule has 0 spiro atoms. The highest BCUT2D eigenvalue weighted by Gasteiger charge is 2.33. The van der Waals surface area contributed by atoms with Gasteiger partial charge in [0.15, 0.2) is 0 Å². The smallest absolute Gasteiger partial charge is 0.348 e. The fourth-order valence-corrected chi connectivity index (χ4v) is 5.54. The standard InChI is InChI=1S/C14H2Cl2O6.C14H8O8/c15-5-1-3-7-8(9(5)13(19)21-11(3)17)4-2-6(16)10(7)14(20)22-12(4)18;15-11(16)7-5-3-1-2-4-6(5)8(12(17)18)10(14(21)22)9(7)13(19)20/h1-2H;1-4H,(H,15,16)(H,17,18)(H,19,20)(H,21,22). The summed E-state index contributed by atoms with van der Waals surface area (Å²) in [5.74, 6) is -6.98. The fourth-order valence-electron chi connectivity index (χ4n) is 4.98. The van der Waals surface area contributed by atoms with Crippen molar-refractivity contribution < 1.29 is 48.4 Å². The summed E-state index contributed by atoms with van der Waals surface area (Å²) in [5, 5.41) is 35.9. The quantitative estimate of drug-likeness (QED) is 0.215. The zero-order valence-corrected chi connectivity index (χ0v) is 22.6. The van der Waals surface area contributed by atoms with Gasteiger partial charge in [0.1, 0.15) is 0 Å². The van der Waals surface area contributed by atoms with E-state index < -0.39 is 68.6 Å². The minimum absolute atomic E-state index is 0.0357. The van der Waals surface area contributed by atoms with E-state index in [1.165, 1.54) is 36.4 Å². The number of carbonyl (C=O) groups is 4. The molecular formula is C28H10Cl2O14. The van der Waals surface area contributed by atoms with E-state index in [2.05, 4.69) is 8.83 Å². The summed E-state index contributed by atoms with van der Waals surface area (Å²) in [4.78, 5) is 93.6. The van der Waals surface area contributed by atoms with Gasteiger partial charge in [0.05, 0.1) is 53.8 Å². The lowest BCUT2D eigenvalue weighted by molar-refractivity contribution is 0.0621. The van der Waals surface area contributed by atoms with Crippen molar-refractivity contribution in [2.45, 2.75) is 0 Å². The second kappa shape index (κ2) is 10.4. The van der Waals surface area contributed by atoms with E-state index in [-0.39, 0.29) is 53.1 Å². The predicted octanol–water partition coefficient (Wildman–Crippen LogP) is 3.59. The second-order valence-electron chi connectivity index (χ2n) is 8.93. The Morgan fingerprint density at radius 2 is 0.795 bits per heavy atom. The molecule has 16 heteroatoms. The third-order valence-electron chi connectivity index (χ3n) is 6.60. The van der Waals surface area contributed by atoms with E-state index in [1.54, 1.807) is 0 Å². The van der Waals surface area contributed by atoms with Crippen molar-refractivity contribution in [2.24, 2.45) is 0 Å². The van der Waals surface area contributed by atoms with E-state index >= 15 is 0 Å². The van der Waals surface area contributed by atoms with Crippen LogP contribution in [0.4, 0.5) is 0 Å². The summed E-state index contributed by atoms with van der Waals surface area (Å²) in [5.41, 5.74) is -7.60. The summed E-state index contributed by atoms with van der Waals surface area (Å²) < 4.78 is 9.29. The van der Waals surface area contributed by atoms with Crippen LogP contribution in [0.3, 0.4) is 0 Å². The first-order valence-corrected chi connectivity index (χ1v) is 12.5. The van der Waals surface area contributed by atoms with Crippen molar-refractivity contribution in [1.82, 2.24) is 0 Å². The topological polar surface area (TPSA) is 244 Å². The average Bonchev–Trinajstić information content (AvgIpc) is 3.22. The zero-order chi connectivity index (χ0) is 32.4. The highest BCUT2D eigenvalue weighted by molar-refractivity contribution is 6.43. The van der Waals surface area contributed by atoms with Crippen LogP contribution in [0.5, 0.6) is 0 Å². The van der Waals surface area contributed by atoms with Crippen LogP contribution in [-0.4, -0.2) is 44.3 Å². The predicted molar refractivity (Wildman–Crippen MR) is 153 cm³/mol. The summed E-state index contributed by atoms with van der Waals surface area (Å²) in [6.45, 7) is 0. The number of carboxylic acids is 4. The Morgan fingerprint density at radius 3 is 1.09 bits per heavy atom. The molecule has 0 atom stereocenters. The Balaban J connectivity index is 0.000000175. The molecule has 0 aliphatic heterocycles. The highest BCUT2D eigenvalue weighted by atomic mass is 35.5. The first-order chi connectivity index (χ1) is 20.7. The van der Waals surface area contributed by atoms with Crippen molar-refractivity contribution in [2.75, 3.05) is 0 Å². The fraction of sp³-hybridized carbons (Fsp3) is 0. The second-order valence-corrected chi connectivity index (χ2v) is 9.75. The molecule has 44 heavy (non-hydrogen) atoms. The van der Waals surface area contributed by atoms with Crippen LogP contribution in [-0.2, 0) is 0 Å². The first-order valence-electron chi connectivity index (χ1n) is 11.7. The molecule has 4 N–H and O–H groups in total. The van der Waals surface area contributed by atoms with E-state index in [0.29, 0.717) is 0 Å². The lowest BCUT2D eigenvalue weighted by atomic mass is 9.88. The van der Waals surface area contributed by atoms with Gasteiger partial charge in [0, 0.05) is 10.8 Å². The largest absolute Gasteiger partial charge is 0.478 e. The van der Waals surface area contributed by atoms with Crippen molar-refractivity contribution in [3.63, 3.8) is 0 Å². The Hall–Kier alpha value is -5.86. The summed E-state index contributed by atoms with van der Waals surface area (Å²) in [6.07, 6.45) is 0. The Morgan fingerprint density at radius 1 is 0.477 bits per heavy atom. The molecule has 4 aromatic carbocycles. The Kier molecular flexibility index (Phi) is 7.03. The van der Waals surface area contributed by atoms with Gasteiger partial charge in [-0.1, -0.05) is 47.5 Å². The Labute approximate surface area is 248 Å². The molecule has 0 saturated carbocycles. The third kappa shape index (κ3) is 4.36. The number of rotatable bonds is 4. The van der Waals surface area contributed by atoms with Gasteiger partial charge >= 0.3 is 46.4 Å². The molecule has 14 nitrogen and oxygen atoms in total. The molecule has 220 valence electrons. The van der Waals surface area contributed by atoms with Crippen LogP contribution >= 0.6 is 23.2 Å². The first kappa shape index (κ1) is 29.6. The molecule has 4 bridgehead atoms. The number of fused-ring (bicyclic) bond motifs is 7. The number of aromatic carboxylic acids is 4. The number of hydrogen-bond acceptors (Lipinski definition) is 10. The third-order valence-corrected chi connectivity index (χ3v) is 7.19. The lowest BCUT2D eigenvalue weighted by Crippen LogP contribution is -2.20. The van der Waals surface area contributed by atoms with Gasteiger partial charge in [-0.25, -0.2) is 38.4 Å². The molecule has 8 aromatic rings. The van der Waals surface area contributed by atoms with Gasteiger partial charge in [0.2, 0.25) is 0 Å². The number of halogens is 2. The van der Waals surface area contributed by atoms with Crippen LogP contribution in [0.15, 0.2) is 64.4 Å². The number of carboxylic acid groups (broad SMARTS) is 4. The maximum atomic E-state index is 12.0. The molecule has 0 saturated heterocycles. The van der Waals surface area contributed by atoms with Crippen molar-refractivity contribution in [1.29, 1.82) is 0 Å². The molecule has 8 rings (SSSR count). The van der Waals surface area contributed by atoms with Gasteiger partial charge in [-0.2, -0.15) is 0 Å². The van der Waals surface area contributed by atoms with Crippen LogP contribution in [0.1, 0.15) is 41.4 Å². The van der Waals surface area contributed by atoms with Crippen molar-refractivity contribution in [3.05, 3.63) is 110 Å². The minimum Gasteiger partial charge on any atom is -0.478 e. The molecule has 4 heterocycles. The van der Waals surface area contributed by atoms with E-state index in [1.807, 2.05) is 0 Å². The number of hydrogen-bond donors (Lipinski definition) is 4. The van der Waals surface area contributed by atoms with Gasteiger partial charge in [-0.15, -0.1) is 0 Å². The molecule has 4 aromatic heterocycles. The lowest BCUT2D eigenvalue weighted by Gasteiger charge is -2.14. The van der Waals surface area contributed by atoms with Gasteiger partial charge in [0.25, 0.3) is 0 Å².